The van der Waals surface area contributed by atoms with Gasteiger partial charge in [-0.15, -0.1) is 0 Å². The first-order valence-electron chi connectivity index (χ1n) is 10.1. The van der Waals surface area contributed by atoms with Crippen molar-refractivity contribution in [3.8, 4) is 0 Å². The summed E-state index contributed by atoms with van der Waals surface area (Å²) in [5.41, 5.74) is 2.08. The van der Waals surface area contributed by atoms with Gasteiger partial charge in [0.1, 0.15) is 5.60 Å². The maximum Gasteiger partial charge on any atom is 0.314 e. The molecule has 0 spiro atoms. The Kier molecular flexibility index (Phi) is 6.01. The van der Waals surface area contributed by atoms with Gasteiger partial charge in [0.2, 0.25) is 0 Å². The third kappa shape index (κ3) is 4.89. The van der Waals surface area contributed by atoms with E-state index in [4.69, 9.17) is 4.74 Å². The van der Waals surface area contributed by atoms with Gasteiger partial charge in [-0.3, -0.25) is 9.59 Å². The Balaban J connectivity index is 1.82. The van der Waals surface area contributed by atoms with E-state index < -0.39 is 5.60 Å². The number of nitrogens with zero attached hydrogens (tertiary/aromatic N) is 2. The molecule has 5 heteroatoms. The molecular formula is C23H30N2O3. The summed E-state index contributed by atoms with van der Waals surface area (Å²) in [6.45, 7) is 7.93. The highest BCUT2D eigenvalue weighted by Gasteiger charge is 2.35. The van der Waals surface area contributed by atoms with E-state index in [-0.39, 0.29) is 17.4 Å². The van der Waals surface area contributed by atoms with Crippen LogP contribution in [0, 0.1) is 12.8 Å². The Labute approximate surface area is 166 Å². The predicted molar refractivity (Wildman–Crippen MR) is 109 cm³/mol. The van der Waals surface area contributed by atoms with Crippen LogP contribution in [0.4, 0.5) is 0 Å². The van der Waals surface area contributed by atoms with Crippen molar-refractivity contribution in [1.82, 2.24) is 9.78 Å². The summed E-state index contributed by atoms with van der Waals surface area (Å²) in [5.74, 6) is -0.0268. The quantitative estimate of drug-likeness (QED) is 0.727. The Morgan fingerprint density at radius 3 is 2.43 bits per heavy atom. The Bertz CT molecular complexity index is 872. The van der Waals surface area contributed by atoms with Crippen molar-refractivity contribution in [3.05, 3.63) is 63.6 Å². The van der Waals surface area contributed by atoms with Crippen molar-refractivity contribution in [2.75, 3.05) is 0 Å². The number of carbonyl (C=O) groups excluding carboxylic acids is 1. The third-order valence-electron chi connectivity index (χ3n) is 5.31. The number of carbonyl (C=O) groups is 1. The maximum atomic E-state index is 12.9. The van der Waals surface area contributed by atoms with Crippen LogP contribution in [0.3, 0.4) is 0 Å². The van der Waals surface area contributed by atoms with Crippen LogP contribution in [0.2, 0.25) is 0 Å². The van der Waals surface area contributed by atoms with E-state index in [1.54, 1.807) is 19.2 Å². The number of esters is 1. The van der Waals surface area contributed by atoms with Crippen LogP contribution in [-0.4, -0.2) is 21.4 Å². The summed E-state index contributed by atoms with van der Waals surface area (Å²) in [6.07, 6.45) is 6.11. The Hall–Kier alpha value is -2.43. The summed E-state index contributed by atoms with van der Waals surface area (Å²) >= 11 is 0. The van der Waals surface area contributed by atoms with E-state index in [2.05, 4.69) is 5.10 Å². The minimum Gasteiger partial charge on any atom is -0.459 e. The lowest BCUT2D eigenvalue weighted by Gasteiger charge is -2.27. The number of benzene rings is 1. The number of rotatable bonds is 5. The van der Waals surface area contributed by atoms with E-state index in [0.29, 0.717) is 18.0 Å². The molecule has 1 aromatic heterocycles. The van der Waals surface area contributed by atoms with E-state index >= 15 is 0 Å². The van der Waals surface area contributed by atoms with Gasteiger partial charge in [-0.2, -0.15) is 5.10 Å². The summed E-state index contributed by atoms with van der Waals surface area (Å²) in [4.78, 5) is 25.1. The molecule has 5 nitrogen and oxygen atoms in total. The monoisotopic (exact) mass is 382 g/mol. The van der Waals surface area contributed by atoms with Crippen LogP contribution in [0.5, 0.6) is 0 Å². The highest BCUT2D eigenvalue weighted by molar-refractivity contribution is 5.79. The zero-order valence-corrected chi connectivity index (χ0v) is 17.3. The molecule has 0 N–H and O–H groups in total. The molecule has 1 unspecified atom stereocenters. The second-order valence-corrected chi connectivity index (χ2v) is 8.77. The van der Waals surface area contributed by atoms with E-state index in [0.717, 1.165) is 24.0 Å². The largest absolute Gasteiger partial charge is 0.459 e. The molecule has 0 saturated heterocycles. The summed E-state index contributed by atoms with van der Waals surface area (Å²) in [5, 5.41) is 4.15. The molecule has 0 radical (unpaired) electrons. The van der Waals surface area contributed by atoms with Gasteiger partial charge < -0.3 is 4.74 Å². The molecule has 2 aromatic rings. The van der Waals surface area contributed by atoms with Crippen LogP contribution >= 0.6 is 0 Å². The molecular weight excluding hydrogens is 352 g/mol. The fourth-order valence-electron chi connectivity index (χ4n) is 3.93. The topological polar surface area (TPSA) is 61.2 Å². The fraction of sp³-hybridized carbons (Fsp3) is 0.522. The average Bonchev–Trinajstić information content (AvgIpc) is 3.13. The SMILES string of the molecule is Cc1ccnn(Cc2ccc(C(C(=O)OC(C)(C)C)C3CCCC3)cc2)c1=O. The smallest absolute Gasteiger partial charge is 0.314 e. The Morgan fingerprint density at radius 2 is 1.82 bits per heavy atom. The van der Waals surface area contributed by atoms with Crippen molar-refractivity contribution >= 4 is 5.97 Å². The van der Waals surface area contributed by atoms with Gasteiger partial charge in [-0.1, -0.05) is 37.1 Å². The molecule has 0 bridgehead atoms. The zero-order valence-electron chi connectivity index (χ0n) is 17.3. The summed E-state index contributed by atoms with van der Waals surface area (Å²) in [7, 11) is 0. The molecule has 1 atom stereocenters. The van der Waals surface area contributed by atoms with Crippen molar-refractivity contribution in [1.29, 1.82) is 0 Å². The standard InChI is InChI=1S/C23H30N2O3/c1-16-13-14-24-25(21(16)26)15-17-9-11-19(12-10-17)20(18-7-5-6-8-18)22(27)28-23(2,3)4/h9-14,18,20H,5-8,15H2,1-4H3. The maximum absolute atomic E-state index is 12.9. The van der Waals surface area contributed by atoms with E-state index in [1.807, 2.05) is 45.0 Å². The Morgan fingerprint density at radius 1 is 1.18 bits per heavy atom. The van der Waals surface area contributed by atoms with Crippen LogP contribution in [0.15, 0.2) is 41.3 Å². The van der Waals surface area contributed by atoms with Gasteiger partial charge in [0.15, 0.2) is 0 Å². The first-order valence-corrected chi connectivity index (χ1v) is 10.1. The zero-order chi connectivity index (χ0) is 20.3. The van der Waals surface area contributed by atoms with Crippen LogP contribution in [0.25, 0.3) is 0 Å². The number of hydrogen-bond acceptors (Lipinski definition) is 4. The molecule has 0 aliphatic heterocycles. The van der Waals surface area contributed by atoms with Gasteiger partial charge >= 0.3 is 5.97 Å². The third-order valence-corrected chi connectivity index (χ3v) is 5.31. The highest BCUT2D eigenvalue weighted by atomic mass is 16.6. The predicted octanol–water partition coefficient (Wildman–Crippen LogP) is 4.22. The normalized spacial score (nSPS) is 16.1. The fourth-order valence-corrected chi connectivity index (χ4v) is 3.93. The van der Waals surface area contributed by atoms with Gasteiger partial charge in [0.05, 0.1) is 12.5 Å². The molecule has 3 rings (SSSR count). The second-order valence-electron chi connectivity index (χ2n) is 8.77. The van der Waals surface area contributed by atoms with Gasteiger partial charge in [0.25, 0.3) is 5.56 Å². The number of hydrogen-bond donors (Lipinski definition) is 0. The first kappa shape index (κ1) is 20.3. The van der Waals surface area contributed by atoms with Crippen molar-refractivity contribution < 1.29 is 9.53 Å². The van der Waals surface area contributed by atoms with Gasteiger partial charge in [0, 0.05) is 11.8 Å². The van der Waals surface area contributed by atoms with Crippen molar-refractivity contribution in [2.45, 2.75) is 71.4 Å². The lowest BCUT2D eigenvalue weighted by molar-refractivity contribution is -0.158. The number of aromatic nitrogens is 2. The molecule has 1 fully saturated rings. The second kappa shape index (κ2) is 8.29. The number of aryl methyl sites for hydroxylation is 1. The molecule has 28 heavy (non-hydrogen) atoms. The molecule has 1 heterocycles. The molecule has 1 aliphatic carbocycles. The number of ether oxygens (including phenoxy) is 1. The van der Waals surface area contributed by atoms with Gasteiger partial charge in [-0.25, -0.2) is 4.68 Å². The lowest BCUT2D eigenvalue weighted by Crippen LogP contribution is -2.30. The van der Waals surface area contributed by atoms with Crippen molar-refractivity contribution in [3.63, 3.8) is 0 Å². The van der Waals surface area contributed by atoms with Crippen LogP contribution < -0.4 is 5.56 Å². The molecule has 1 aromatic carbocycles. The summed E-state index contributed by atoms with van der Waals surface area (Å²) in [6, 6.07) is 9.69. The molecule has 0 amide bonds. The minimum absolute atomic E-state index is 0.0795. The van der Waals surface area contributed by atoms with Gasteiger partial charge in [-0.05, 0) is 63.6 Å². The average molecular weight is 383 g/mol. The highest BCUT2D eigenvalue weighted by Crippen LogP contribution is 2.39. The molecule has 1 saturated carbocycles. The lowest BCUT2D eigenvalue weighted by atomic mass is 9.84. The van der Waals surface area contributed by atoms with E-state index in [1.165, 1.54) is 17.5 Å². The van der Waals surface area contributed by atoms with Crippen LogP contribution in [0.1, 0.15) is 69.1 Å². The molecule has 1 aliphatic rings. The molecule has 150 valence electrons. The van der Waals surface area contributed by atoms with E-state index in [9.17, 15) is 9.59 Å². The first-order chi connectivity index (χ1) is 13.2. The minimum atomic E-state index is -0.494. The summed E-state index contributed by atoms with van der Waals surface area (Å²) < 4.78 is 7.19. The van der Waals surface area contributed by atoms with Crippen LogP contribution in [-0.2, 0) is 16.1 Å². The van der Waals surface area contributed by atoms with Crippen molar-refractivity contribution in [2.24, 2.45) is 5.92 Å².